The summed E-state index contributed by atoms with van der Waals surface area (Å²) in [6, 6.07) is 13.4. The largest absolute Gasteiger partial charge is 0.461 e. The minimum Gasteiger partial charge on any atom is -0.461 e. The molecule has 32 heavy (non-hydrogen) atoms. The monoisotopic (exact) mass is 482 g/mol. The van der Waals surface area contributed by atoms with Gasteiger partial charge in [-0.1, -0.05) is 18.2 Å². The molecule has 0 aromatic heterocycles. The summed E-state index contributed by atoms with van der Waals surface area (Å²) in [5, 5.41) is 0. The zero-order chi connectivity index (χ0) is 23.3. The zero-order valence-corrected chi connectivity index (χ0v) is 19.7. The van der Waals surface area contributed by atoms with Crippen molar-refractivity contribution in [2.24, 2.45) is 0 Å². The molecule has 0 fully saturated rings. The standard InChI is InChI=1S/C23H25F3N2O2S2/c1-23(25,26)10-9-18-13-28(17-7-5-4-6-8-17)19-11-22(31-3)20(30-15-16(24)14-29)12-21(19)32-27(18)2/h4-8,11-12,14-15,18H,9-10,13H2,1-3H3/b16-15-. The Balaban J connectivity index is 2.04. The van der Waals surface area contributed by atoms with Crippen LogP contribution in [0.25, 0.3) is 0 Å². The van der Waals surface area contributed by atoms with Crippen LogP contribution in [0.3, 0.4) is 0 Å². The van der Waals surface area contributed by atoms with Crippen molar-refractivity contribution in [2.45, 2.75) is 41.5 Å². The van der Waals surface area contributed by atoms with Crippen LogP contribution in [-0.4, -0.2) is 42.4 Å². The minimum atomic E-state index is -2.73. The second kappa shape index (κ2) is 10.7. The normalized spacial score (nSPS) is 17.6. The van der Waals surface area contributed by atoms with Gasteiger partial charge >= 0.3 is 0 Å². The number of alkyl halides is 2. The lowest BCUT2D eigenvalue weighted by Crippen LogP contribution is -2.36. The number of hydrogen-bond donors (Lipinski definition) is 0. The number of nitrogens with zero attached hydrogens (tertiary/aromatic N) is 2. The Morgan fingerprint density at radius 1 is 1.31 bits per heavy atom. The Kier molecular flexibility index (Phi) is 8.19. The zero-order valence-electron chi connectivity index (χ0n) is 18.1. The highest BCUT2D eigenvalue weighted by Gasteiger charge is 2.31. The van der Waals surface area contributed by atoms with E-state index in [-0.39, 0.29) is 18.7 Å². The van der Waals surface area contributed by atoms with Crippen molar-refractivity contribution in [3.8, 4) is 5.75 Å². The van der Waals surface area contributed by atoms with Crippen molar-refractivity contribution in [2.75, 3.05) is 24.7 Å². The number of halogens is 3. The highest BCUT2D eigenvalue weighted by Crippen LogP contribution is 2.46. The van der Waals surface area contributed by atoms with Crippen LogP contribution < -0.4 is 9.64 Å². The van der Waals surface area contributed by atoms with Crippen LogP contribution in [0.15, 0.2) is 64.3 Å². The summed E-state index contributed by atoms with van der Waals surface area (Å²) in [7, 11) is 1.89. The number of fused-ring (bicyclic) bond motifs is 1. The highest BCUT2D eigenvalue weighted by atomic mass is 32.2. The van der Waals surface area contributed by atoms with E-state index in [1.165, 1.54) is 23.7 Å². The summed E-state index contributed by atoms with van der Waals surface area (Å²) in [6.45, 7) is 1.48. The SMILES string of the molecule is CSc1cc2c(cc1O/C=C(\F)C=O)SN(C)C(CCC(C)(F)F)CN2c1ccccc1. The Bertz CT molecular complexity index is 968. The van der Waals surface area contributed by atoms with E-state index < -0.39 is 11.7 Å². The van der Waals surface area contributed by atoms with Gasteiger partial charge in [-0.05, 0) is 62.9 Å². The lowest BCUT2D eigenvalue weighted by Gasteiger charge is -2.30. The van der Waals surface area contributed by atoms with Crippen molar-refractivity contribution in [3.63, 3.8) is 0 Å². The first kappa shape index (κ1) is 24.5. The number of likely N-dealkylation sites (N-methyl/N-ethyl adjacent to an activating group) is 1. The van der Waals surface area contributed by atoms with Gasteiger partial charge in [-0.25, -0.2) is 13.1 Å². The van der Waals surface area contributed by atoms with E-state index in [9.17, 15) is 18.0 Å². The van der Waals surface area contributed by atoms with Crippen LogP contribution in [0.2, 0.25) is 0 Å². The molecule has 1 unspecified atom stereocenters. The van der Waals surface area contributed by atoms with E-state index in [4.69, 9.17) is 4.74 Å². The fourth-order valence-corrected chi connectivity index (χ4v) is 5.00. The number of ether oxygens (including phenoxy) is 1. The summed E-state index contributed by atoms with van der Waals surface area (Å²) >= 11 is 2.87. The molecule has 0 amide bonds. The van der Waals surface area contributed by atoms with Gasteiger partial charge in [0, 0.05) is 24.7 Å². The first-order valence-electron chi connectivity index (χ1n) is 10.0. The molecule has 0 saturated carbocycles. The van der Waals surface area contributed by atoms with Gasteiger partial charge in [-0.3, -0.25) is 4.79 Å². The van der Waals surface area contributed by atoms with Gasteiger partial charge in [-0.15, -0.1) is 11.8 Å². The number of anilines is 2. The molecule has 1 aliphatic rings. The molecule has 2 aromatic rings. The summed E-state index contributed by atoms with van der Waals surface area (Å²) in [4.78, 5) is 14.3. The summed E-state index contributed by atoms with van der Waals surface area (Å²) in [5.74, 6) is -3.33. The van der Waals surface area contributed by atoms with Gasteiger partial charge in [0.2, 0.25) is 5.92 Å². The molecule has 0 aliphatic carbocycles. The first-order chi connectivity index (χ1) is 15.2. The van der Waals surface area contributed by atoms with Gasteiger partial charge < -0.3 is 9.64 Å². The summed E-state index contributed by atoms with van der Waals surface area (Å²) in [6.07, 6.45) is 2.86. The average molecular weight is 483 g/mol. The molecule has 1 heterocycles. The second-order valence-electron chi connectivity index (χ2n) is 7.56. The van der Waals surface area contributed by atoms with Gasteiger partial charge in [0.15, 0.2) is 12.1 Å². The van der Waals surface area contributed by atoms with Gasteiger partial charge in [0.05, 0.1) is 15.5 Å². The average Bonchev–Trinajstić information content (AvgIpc) is 2.90. The quantitative estimate of drug-likeness (QED) is 0.137. The Hall–Kier alpha value is -2.10. The lowest BCUT2D eigenvalue weighted by molar-refractivity contribution is -0.106. The number of aldehydes is 1. The van der Waals surface area contributed by atoms with E-state index in [0.717, 1.165) is 34.4 Å². The van der Waals surface area contributed by atoms with Crippen LogP contribution in [0.5, 0.6) is 5.75 Å². The first-order valence-corrected chi connectivity index (χ1v) is 12.0. The van der Waals surface area contributed by atoms with E-state index in [1.54, 1.807) is 6.07 Å². The van der Waals surface area contributed by atoms with E-state index >= 15 is 0 Å². The predicted octanol–water partition coefficient (Wildman–Crippen LogP) is 6.69. The maximum Gasteiger partial charge on any atom is 0.245 e. The number of para-hydroxylation sites is 1. The Morgan fingerprint density at radius 3 is 2.66 bits per heavy atom. The molecule has 2 aromatic carbocycles. The third-order valence-corrected chi connectivity index (χ3v) is 6.95. The minimum absolute atomic E-state index is 0.0793. The molecule has 0 saturated heterocycles. The third kappa shape index (κ3) is 6.24. The number of hydrogen-bond acceptors (Lipinski definition) is 6. The lowest BCUT2D eigenvalue weighted by atomic mass is 10.1. The Morgan fingerprint density at radius 2 is 2.03 bits per heavy atom. The molecule has 0 spiro atoms. The van der Waals surface area contributed by atoms with Crippen molar-refractivity contribution in [1.82, 2.24) is 4.31 Å². The van der Waals surface area contributed by atoms with Crippen LogP contribution in [-0.2, 0) is 4.79 Å². The van der Waals surface area contributed by atoms with Crippen LogP contribution in [0.1, 0.15) is 19.8 Å². The van der Waals surface area contributed by atoms with Crippen molar-refractivity contribution < 1.29 is 22.7 Å². The smallest absolute Gasteiger partial charge is 0.245 e. The van der Waals surface area contributed by atoms with Gasteiger partial charge in [0.25, 0.3) is 0 Å². The Labute approximate surface area is 194 Å². The molecule has 1 atom stereocenters. The molecular formula is C23H25F3N2O2S2. The van der Waals surface area contributed by atoms with E-state index in [1.807, 2.05) is 54.0 Å². The maximum atomic E-state index is 13.6. The molecule has 9 heteroatoms. The van der Waals surface area contributed by atoms with Crippen molar-refractivity contribution >= 4 is 41.4 Å². The van der Waals surface area contributed by atoms with Gasteiger partial charge in [-0.2, -0.15) is 4.39 Å². The van der Waals surface area contributed by atoms with Crippen LogP contribution in [0.4, 0.5) is 24.5 Å². The van der Waals surface area contributed by atoms with E-state index in [0.29, 0.717) is 18.7 Å². The molecule has 0 radical (unpaired) electrons. The number of benzene rings is 2. The summed E-state index contributed by atoms with van der Waals surface area (Å²) < 4.78 is 47.9. The number of thioether (sulfide) groups is 1. The van der Waals surface area contributed by atoms with Crippen LogP contribution >= 0.6 is 23.7 Å². The molecular weight excluding hydrogens is 457 g/mol. The van der Waals surface area contributed by atoms with Crippen LogP contribution in [0, 0.1) is 0 Å². The molecule has 3 rings (SSSR count). The molecule has 0 N–H and O–H groups in total. The maximum absolute atomic E-state index is 13.6. The fourth-order valence-electron chi connectivity index (χ4n) is 3.41. The predicted molar refractivity (Wildman–Crippen MR) is 125 cm³/mol. The number of rotatable bonds is 8. The molecule has 1 aliphatic heterocycles. The molecule has 172 valence electrons. The second-order valence-corrected chi connectivity index (χ2v) is 9.60. The van der Waals surface area contributed by atoms with Crippen molar-refractivity contribution in [1.29, 1.82) is 0 Å². The molecule has 0 bridgehead atoms. The van der Waals surface area contributed by atoms with Crippen molar-refractivity contribution in [3.05, 3.63) is 54.6 Å². The topological polar surface area (TPSA) is 32.8 Å². The third-order valence-electron chi connectivity index (χ3n) is 5.08. The summed E-state index contributed by atoms with van der Waals surface area (Å²) in [5.41, 5.74) is 1.86. The van der Waals surface area contributed by atoms with Gasteiger partial charge in [0.1, 0.15) is 12.0 Å². The van der Waals surface area contributed by atoms with E-state index in [2.05, 4.69) is 4.90 Å². The highest BCUT2D eigenvalue weighted by molar-refractivity contribution is 7.98. The number of carbonyl (C=O) groups excluding carboxylic acids is 1. The number of allylic oxidation sites excluding steroid dienone is 1. The molecule has 4 nitrogen and oxygen atoms in total. The fraction of sp³-hybridized carbons (Fsp3) is 0.348. The number of carbonyl (C=O) groups is 1.